The molecule has 1 aromatic carbocycles. The van der Waals surface area contributed by atoms with E-state index >= 15 is 0 Å². The molecular formula is C18H24ClNOS. The van der Waals surface area contributed by atoms with Gasteiger partial charge in [-0.05, 0) is 55.6 Å². The third kappa shape index (κ3) is 3.80. The maximum absolute atomic E-state index is 12.1. The Morgan fingerprint density at radius 3 is 2.86 bits per heavy atom. The standard InChI is InChI=1S/C18H24ClNOS/c1-12(16-9-13-6-7-14(16)8-13)20-18(21)11-22-10-15-4-2-3-5-17(15)19/h2-5,12-14,16H,6-11H2,1H3,(H,20,21). The summed E-state index contributed by atoms with van der Waals surface area (Å²) in [6.45, 7) is 2.18. The molecule has 4 atom stereocenters. The zero-order valence-corrected chi connectivity index (χ0v) is 14.6. The Morgan fingerprint density at radius 2 is 2.18 bits per heavy atom. The Labute approximate surface area is 142 Å². The molecule has 120 valence electrons. The maximum atomic E-state index is 12.1. The number of thioether (sulfide) groups is 1. The quantitative estimate of drug-likeness (QED) is 0.827. The van der Waals surface area contributed by atoms with Crippen LogP contribution in [-0.2, 0) is 10.5 Å². The fourth-order valence-electron chi connectivity index (χ4n) is 4.18. The summed E-state index contributed by atoms with van der Waals surface area (Å²) < 4.78 is 0. The molecule has 2 fully saturated rings. The van der Waals surface area contributed by atoms with Gasteiger partial charge in [-0.25, -0.2) is 0 Å². The van der Waals surface area contributed by atoms with Gasteiger partial charge in [0.2, 0.25) is 5.91 Å². The van der Waals surface area contributed by atoms with Gasteiger partial charge in [-0.1, -0.05) is 36.2 Å². The lowest BCUT2D eigenvalue weighted by atomic mass is 9.84. The van der Waals surface area contributed by atoms with Crippen LogP contribution in [0.1, 0.15) is 38.2 Å². The van der Waals surface area contributed by atoms with Crippen LogP contribution in [-0.4, -0.2) is 17.7 Å². The summed E-state index contributed by atoms with van der Waals surface area (Å²) in [6, 6.07) is 8.16. The number of rotatable bonds is 6. The van der Waals surface area contributed by atoms with Gasteiger partial charge in [0.05, 0.1) is 5.75 Å². The molecule has 22 heavy (non-hydrogen) atoms. The Hall–Kier alpha value is -0.670. The minimum absolute atomic E-state index is 0.160. The van der Waals surface area contributed by atoms with Crippen molar-refractivity contribution < 1.29 is 4.79 Å². The fraction of sp³-hybridized carbons (Fsp3) is 0.611. The first-order valence-corrected chi connectivity index (χ1v) is 9.77. The van der Waals surface area contributed by atoms with E-state index in [1.54, 1.807) is 11.8 Å². The first-order valence-electron chi connectivity index (χ1n) is 8.24. The highest BCUT2D eigenvalue weighted by atomic mass is 35.5. The minimum Gasteiger partial charge on any atom is -0.353 e. The van der Waals surface area contributed by atoms with E-state index in [1.165, 1.54) is 25.7 Å². The molecule has 3 rings (SSSR count). The van der Waals surface area contributed by atoms with Crippen LogP contribution < -0.4 is 5.32 Å². The van der Waals surface area contributed by atoms with Gasteiger partial charge in [-0.3, -0.25) is 4.79 Å². The van der Waals surface area contributed by atoms with Crippen LogP contribution in [0.3, 0.4) is 0 Å². The van der Waals surface area contributed by atoms with Crippen LogP contribution in [0.4, 0.5) is 0 Å². The van der Waals surface area contributed by atoms with E-state index in [4.69, 9.17) is 11.6 Å². The summed E-state index contributed by atoms with van der Waals surface area (Å²) in [5.41, 5.74) is 1.10. The lowest BCUT2D eigenvalue weighted by molar-refractivity contribution is -0.119. The Bertz CT molecular complexity index is 536. The highest BCUT2D eigenvalue weighted by Gasteiger charge is 2.42. The number of nitrogens with one attached hydrogen (secondary N) is 1. The van der Waals surface area contributed by atoms with Crippen LogP contribution in [0.2, 0.25) is 5.02 Å². The molecule has 0 spiro atoms. The van der Waals surface area contributed by atoms with Gasteiger partial charge in [0.25, 0.3) is 0 Å². The van der Waals surface area contributed by atoms with Gasteiger partial charge < -0.3 is 5.32 Å². The Balaban J connectivity index is 1.40. The summed E-state index contributed by atoms with van der Waals surface area (Å²) in [5, 5.41) is 4.00. The van der Waals surface area contributed by atoms with Crippen molar-refractivity contribution >= 4 is 29.3 Å². The molecule has 0 heterocycles. The molecule has 0 saturated heterocycles. The zero-order chi connectivity index (χ0) is 15.5. The molecule has 2 bridgehead atoms. The molecule has 1 amide bonds. The van der Waals surface area contributed by atoms with E-state index in [1.807, 2.05) is 24.3 Å². The Morgan fingerprint density at radius 1 is 1.36 bits per heavy atom. The van der Waals surface area contributed by atoms with Gasteiger partial charge in [-0.2, -0.15) is 0 Å². The van der Waals surface area contributed by atoms with Crippen molar-refractivity contribution in [3.05, 3.63) is 34.9 Å². The smallest absolute Gasteiger partial charge is 0.230 e. The van der Waals surface area contributed by atoms with Crippen molar-refractivity contribution in [3.63, 3.8) is 0 Å². The maximum Gasteiger partial charge on any atom is 0.230 e. The van der Waals surface area contributed by atoms with E-state index in [2.05, 4.69) is 12.2 Å². The number of carbonyl (C=O) groups excluding carboxylic acids is 1. The van der Waals surface area contributed by atoms with Gasteiger partial charge >= 0.3 is 0 Å². The second-order valence-electron chi connectivity index (χ2n) is 6.78. The second-order valence-corrected chi connectivity index (χ2v) is 8.17. The van der Waals surface area contributed by atoms with Crippen molar-refractivity contribution in [1.82, 2.24) is 5.32 Å². The van der Waals surface area contributed by atoms with Gasteiger partial charge in [0, 0.05) is 16.8 Å². The number of fused-ring (bicyclic) bond motifs is 2. The van der Waals surface area contributed by atoms with Crippen LogP contribution in [0.25, 0.3) is 0 Å². The number of benzene rings is 1. The number of amides is 1. The molecule has 2 nitrogen and oxygen atoms in total. The van der Waals surface area contributed by atoms with E-state index in [0.29, 0.717) is 17.7 Å². The lowest BCUT2D eigenvalue weighted by Crippen LogP contribution is -2.40. The second kappa shape index (κ2) is 7.27. The van der Waals surface area contributed by atoms with Crippen LogP contribution in [0.5, 0.6) is 0 Å². The van der Waals surface area contributed by atoms with E-state index in [9.17, 15) is 4.79 Å². The molecule has 2 aliphatic rings. The summed E-state index contributed by atoms with van der Waals surface area (Å²) in [6.07, 6.45) is 5.50. The molecule has 0 aliphatic heterocycles. The average molecular weight is 338 g/mol. The van der Waals surface area contributed by atoms with E-state index < -0.39 is 0 Å². The zero-order valence-electron chi connectivity index (χ0n) is 13.1. The lowest BCUT2D eigenvalue weighted by Gasteiger charge is -2.28. The molecule has 4 heteroatoms. The first-order chi connectivity index (χ1) is 10.6. The van der Waals surface area contributed by atoms with Crippen molar-refractivity contribution in [2.24, 2.45) is 17.8 Å². The van der Waals surface area contributed by atoms with Gasteiger partial charge in [-0.15, -0.1) is 11.8 Å². The molecule has 2 saturated carbocycles. The predicted molar refractivity (Wildman–Crippen MR) is 94.2 cm³/mol. The van der Waals surface area contributed by atoms with E-state index in [-0.39, 0.29) is 5.91 Å². The fourth-order valence-corrected chi connectivity index (χ4v) is 5.30. The highest BCUT2D eigenvalue weighted by Crippen LogP contribution is 2.49. The van der Waals surface area contributed by atoms with Crippen molar-refractivity contribution in [3.8, 4) is 0 Å². The minimum atomic E-state index is 0.160. The Kier molecular flexibility index (Phi) is 5.35. The monoisotopic (exact) mass is 337 g/mol. The third-order valence-electron chi connectivity index (χ3n) is 5.27. The van der Waals surface area contributed by atoms with Crippen molar-refractivity contribution in [1.29, 1.82) is 0 Å². The first kappa shape index (κ1) is 16.2. The molecule has 2 aliphatic carbocycles. The van der Waals surface area contributed by atoms with E-state index in [0.717, 1.165) is 28.2 Å². The number of carbonyl (C=O) groups is 1. The molecular weight excluding hydrogens is 314 g/mol. The van der Waals surface area contributed by atoms with Crippen molar-refractivity contribution in [2.75, 3.05) is 5.75 Å². The van der Waals surface area contributed by atoms with Crippen LogP contribution in [0, 0.1) is 17.8 Å². The molecule has 4 unspecified atom stereocenters. The summed E-state index contributed by atoms with van der Waals surface area (Å²) in [5.74, 6) is 3.95. The van der Waals surface area contributed by atoms with Crippen LogP contribution >= 0.6 is 23.4 Å². The van der Waals surface area contributed by atoms with Gasteiger partial charge in [0.15, 0.2) is 0 Å². The van der Waals surface area contributed by atoms with Crippen molar-refractivity contribution in [2.45, 2.75) is 44.4 Å². The molecule has 1 aromatic rings. The van der Waals surface area contributed by atoms with Gasteiger partial charge in [0.1, 0.15) is 0 Å². The molecule has 0 aromatic heterocycles. The molecule has 1 N–H and O–H groups in total. The highest BCUT2D eigenvalue weighted by molar-refractivity contribution is 7.99. The normalized spacial score (nSPS) is 27.8. The third-order valence-corrected chi connectivity index (χ3v) is 6.62. The number of hydrogen-bond donors (Lipinski definition) is 1. The van der Waals surface area contributed by atoms with Crippen LogP contribution in [0.15, 0.2) is 24.3 Å². The summed E-state index contributed by atoms with van der Waals surface area (Å²) in [4.78, 5) is 12.1. The topological polar surface area (TPSA) is 29.1 Å². The number of halogens is 1. The summed E-state index contributed by atoms with van der Waals surface area (Å²) in [7, 11) is 0. The average Bonchev–Trinajstić information content (AvgIpc) is 3.12. The number of hydrogen-bond acceptors (Lipinski definition) is 2. The predicted octanol–water partition coefficient (Wildman–Crippen LogP) is 4.51. The molecule has 0 radical (unpaired) electrons. The SMILES string of the molecule is CC(NC(=O)CSCc1ccccc1Cl)C1CC2CCC1C2. The largest absolute Gasteiger partial charge is 0.353 e. The summed E-state index contributed by atoms with van der Waals surface area (Å²) >= 11 is 7.76.